The minimum absolute atomic E-state index is 0.205. The van der Waals surface area contributed by atoms with Crippen LogP contribution in [0.2, 0.25) is 0 Å². The highest BCUT2D eigenvalue weighted by Crippen LogP contribution is 2.31. The number of aromatic nitrogens is 1. The number of hydrogen-bond donors (Lipinski definition) is 0. The van der Waals surface area contributed by atoms with Gasteiger partial charge >= 0.3 is 11.9 Å². The highest BCUT2D eigenvalue weighted by Gasteiger charge is 2.33. The van der Waals surface area contributed by atoms with Gasteiger partial charge in [0.1, 0.15) is 5.75 Å². The Morgan fingerprint density at radius 1 is 1.06 bits per heavy atom. The average molecular weight is 493 g/mol. The summed E-state index contributed by atoms with van der Waals surface area (Å²) in [6.07, 6.45) is 1.74. The Labute approximate surface area is 205 Å². The van der Waals surface area contributed by atoms with Crippen molar-refractivity contribution < 1.29 is 23.8 Å². The molecule has 0 N–H and O–H groups in total. The normalized spacial score (nSPS) is 15.3. The van der Waals surface area contributed by atoms with Gasteiger partial charge in [0, 0.05) is 0 Å². The Balaban J connectivity index is 1.87. The zero-order valence-corrected chi connectivity index (χ0v) is 20.5. The van der Waals surface area contributed by atoms with Crippen LogP contribution in [0.15, 0.2) is 69.6 Å². The van der Waals surface area contributed by atoms with E-state index in [1.165, 1.54) is 23.0 Å². The second kappa shape index (κ2) is 10.1. The Kier molecular flexibility index (Phi) is 6.97. The fraction of sp³-hybridized carbons (Fsp3) is 0.231. The van der Waals surface area contributed by atoms with E-state index in [0.717, 1.165) is 11.1 Å². The molecule has 0 saturated heterocycles. The molecule has 3 aromatic rings. The van der Waals surface area contributed by atoms with Gasteiger partial charge < -0.3 is 14.2 Å². The molecule has 2 aromatic carbocycles. The van der Waals surface area contributed by atoms with Crippen LogP contribution in [0, 0.1) is 0 Å². The van der Waals surface area contributed by atoms with Gasteiger partial charge in [0.25, 0.3) is 5.56 Å². The summed E-state index contributed by atoms with van der Waals surface area (Å²) in [6.45, 7) is 3.68. The van der Waals surface area contributed by atoms with E-state index in [2.05, 4.69) is 4.99 Å². The van der Waals surface area contributed by atoms with E-state index in [4.69, 9.17) is 14.2 Å². The monoisotopic (exact) mass is 492 g/mol. The summed E-state index contributed by atoms with van der Waals surface area (Å²) in [5.74, 6) is -0.283. The van der Waals surface area contributed by atoms with Crippen LogP contribution in [-0.4, -0.2) is 37.3 Å². The summed E-state index contributed by atoms with van der Waals surface area (Å²) < 4.78 is 17.3. The fourth-order valence-corrected chi connectivity index (χ4v) is 4.92. The lowest BCUT2D eigenvalue weighted by Crippen LogP contribution is -2.39. The molecule has 8 nitrogen and oxygen atoms in total. The molecule has 1 aromatic heterocycles. The van der Waals surface area contributed by atoms with Crippen LogP contribution in [0.25, 0.3) is 6.08 Å². The minimum atomic E-state index is -0.694. The first-order valence-corrected chi connectivity index (χ1v) is 11.7. The topological polar surface area (TPSA) is 96.2 Å². The molecule has 180 valence electrons. The lowest BCUT2D eigenvalue weighted by Gasteiger charge is -2.24. The SMILES string of the molecule is CCOC(=O)C1=C(C)N=c2sc(=Cc3ccc(C(=O)OC)cc3)c(=O)n2[C@@H]1c1ccc(OC)cc1. The van der Waals surface area contributed by atoms with E-state index in [1.807, 2.05) is 12.1 Å². The van der Waals surface area contributed by atoms with Crippen LogP contribution in [0.3, 0.4) is 0 Å². The summed E-state index contributed by atoms with van der Waals surface area (Å²) in [6, 6.07) is 13.3. The first-order valence-electron chi connectivity index (χ1n) is 10.9. The van der Waals surface area contributed by atoms with Crippen LogP contribution in [0.4, 0.5) is 0 Å². The molecular formula is C26H24N2O6S. The second-order valence-electron chi connectivity index (χ2n) is 7.69. The van der Waals surface area contributed by atoms with Crippen molar-refractivity contribution in [2.24, 2.45) is 4.99 Å². The number of nitrogens with zero attached hydrogens (tertiary/aromatic N) is 2. The first kappa shape index (κ1) is 24.2. The largest absolute Gasteiger partial charge is 0.497 e. The summed E-state index contributed by atoms with van der Waals surface area (Å²) in [4.78, 5) is 43.3. The van der Waals surface area contributed by atoms with E-state index >= 15 is 0 Å². The van der Waals surface area contributed by atoms with Gasteiger partial charge in [-0.1, -0.05) is 35.6 Å². The van der Waals surface area contributed by atoms with Gasteiger partial charge in [-0.05, 0) is 55.3 Å². The molecule has 9 heteroatoms. The maximum Gasteiger partial charge on any atom is 0.338 e. The van der Waals surface area contributed by atoms with Crippen molar-refractivity contribution in [1.82, 2.24) is 4.57 Å². The van der Waals surface area contributed by atoms with E-state index in [0.29, 0.717) is 31.9 Å². The van der Waals surface area contributed by atoms with Gasteiger partial charge in [-0.3, -0.25) is 9.36 Å². The van der Waals surface area contributed by atoms with Gasteiger partial charge in [0.15, 0.2) is 4.80 Å². The minimum Gasteiger partial charge on any atom is -0.497 e. The zero-order chi connectivity index (χ0) is 25.1. The lowest BCUT2D eigenvalue weighted by atomic mass is 9.96. The van der Waals surface area contributed by atoms with Crippen LogP contribution in [0.5, 0.6) is 5.75 Å². The molecule has 1 atom stereocenters. The maximum absolute atomic E-state index is 13.6. The molecule has 0 radical (unpaired) electrons. The number of methoxy groups -OCH3 is 2. The first-order chi connectivity index (χ1) is 16.9. The number of carbonyl (C=O) groups excluding carboxylic acids is 2. The van der Waals surface area contributed by atoms with Gasteiger partial charge in [-0.25, -0.2) is 14.6 Å². The van der Waals surface area contributed by atoms with E-state index in [1.54, 1.807) is 63.4 Å². The molecule has 35 heavy (non-hydrogen) atoms. The van der Waals surface area contributed by atoms with Crippen molar-refractivity contribution in [3.63, 3.8) is 0 Å². The van der Waals surface area contributed by atoms with Gasteiger partial charge in [-0.15, -0.1) is 0 Å². The van der Waals surface area contributed by atoms with Crippen LogP contribution in [0.1, 0.15) is 41.4 Å². The quantitative estimate of drug-likeness (QED) is 0.491. The van der Waals surface area contributed by atoms with Crippen molar-refractivity contribution in [3.8, 4) is 5.75 Å². The molecule has 4 rings (SSSR count). The van der Waals surface area contributed by atoms with Crippen molar-refractivity contribution in [2.45, 2.75) is 19.9 Å². The second-order valence-corrected chi connectivity index (χ2v) is 8.70. The fourth-order valence-electron chi connectivity index (χ4n) is 3.88. The number of allylic oxidation sites excluding steroid dienone is 1. The van der Waals surface area contributed by atoms with Crippen molar-refractivity contribution in [2.75, 3.05) is 20.8 Å². The Hall–Kier alpha value is -3.98. The Morgan fingerprint density at radius 3 is 2.34 bits per heavy atom. The highest BCUT2D eigenvalue weighted by molar-refractivity contribution is 7.07. The van der Waals surface area contributed by atoms with Crippen molar-refractivity contribution >= 4 is 29.4 Å². The Bertz CT molecular complexity index is 1480. The third-order valence-corrected chi connectivity index (χ3v) is 6.56. The number of fused-ring (bicyclic) bond motifs is 1. The predicted molar refractivity (Wildman–Crippen MR) is 131 cm³/mol. The molecular weight excluding hydrogens is 468 g/mol. The standard InChI is InChI=1S/C26H24N2O6S/c1-5-34-25(31)21-15(2)27-26-28(22(21)17-10-12-19(32-3)13-11-17)23(29)20(35-26)14-16-6-8-18(9-7-16)24(30)33-4/h6-14,22H,5H2,1-4H3/t22-/m1/s1. The highest BCUT2D eigenvalue weighted by atomic mass is 32.1. The number of esters is 2. The summed E-state index contributed by atoms with van der Waals surface area (Å²) in [5.41, 5.74) is 2.43. The van der Waals surface area contributed by atoms with Gasteiger partial charge in [-0.2, -0.15) is 0 Å². The number of ether oxygens (including phenoxy) is 3. The van der Waals surface area contributed by atoms with E-state index in [9.17, 15) is 14.4 Å². The maximum atomic E-state index is 13.6. The van der Waals surface area contributed by atoms with Crippen molar-refractivity contribution in [1.29, 1.82) is 0 Å². The van der Waals surface area contributed by atoms with Crippen LogP contribution in [-0.2, 0) is 14.3 Å². The molecule has 0 amide bonds. The molecule has 0 fully saturated rings. The van der Waals surface area contributed by atoms with Gasteiger partial charge in [0.2, 0.25) is 0 Å². The van der Waals surface area contributed by atoms with Crippen molar-refractivity contribution in [3.05, 3.63) is 96.2 Å². The molecule has 2 heterocycles. The third kappa shape index (κ3) is 4.67. The van der Waals surface area contributed by atoms with Crippen LogP contribution < -0.4 is 19.6 Å². The summed E-state index contributed by atoms with van der Waals surface area (Å²) in [5, 5.41) is 0. The average Bonchev–Trinajstić information content (AvgIpc) is 3.17. The summed E-state index contributed by atoms with van der Waals surface area (Å²) in [7, 11) is 2.90. The third-order valence-electron chi connectivity index (χ3n) is 5.58. The van der Waals surface area contributed by atoms with E-state index < -0.39 is 18.0 Å². The number of thiazole rings is 1. The molecule has 1 aliphatic rings. The van der Waals surface area contributed by atoms with Crippen LogP contribution >= 0.6 is 11.3 Å². The smallest absolute Gasteiger partial charge is 0.338 e. The number of benzene rings is 2. The Morgan fingerprint density at radius 2 is 1.74 bits per heavy atom. The van der Waals surface area contributed by atoms with E-state index in [-0.39, 0.29) is 12.2 Å². The lowest BCUT2D eigenvalue weighted by molar-refractivity contribution is -0.139. The molecule has 0 spiro atoms. The number of rotatable bonds is 6. The molecule has 1 aliphatic heterocycles. The zero-order valence-electron chi connectivity index (χ0n) is 19.7. The number of hydrogen-bond acceptors (Lipinski definition) is 8. The predicted octanol–water partition coefficient (Wildman–Crippen LogP) is 2.59. The molecule has 0 aliphatic carbocycles. The number of carbonyl (C=O) groups is 2. The van der Waals surface area contributed by atoms with Gasteiger partial charge in [0.05, 0.1) is 48.2 Å². The molecule has 0 bridgehead atoms. The summed E-state index contributed by atoms with van der Waals surface area (Å²) >= 11 is 1.23. The molecule has 0 unspecified atom stereocenters. The molecule has 0 saturated carbocycles.